The number of benzene rings is 1. The number of ether oxygens (including phenoxy) is 2. The predicted molar refractivity (Wildman–Crippen MR) is 64.5 cm³/mol. The number of ketones is 1. The SMILES string of the molecule is [2H]C(O)Cc1c(O)cc(OC)c2c1OC(C)CC2=O. The van der Waals surface area contributed by atoms with Crippen LogP contribution in [-0.4, -0.2) is 35.8 Å². The Bertz CT molecular complexity index is 512. The van der Waals surface area contributed by atoms with Crippen molar-refractivity contribution in [3.05, 3.63) is 17.2 Å². The lowest BCUT2D eigenvalue weighted by atomic mass is 9.95. The number of phenolic OH excluding ortho intramolecular Hbond substituents is 1. The molecule has 1 heterocycles. The largest absolute Gasteiger partial charge is 0.507 e. The summed E-state index contributed by atoms with van der Waals surface area (Å²) >= 11 is 0. The molecule has 1 aliphatic heterocycles. The number of Topliss-reactive ketones (excluding diaryl/α,β-unsaturated/α-hetero) is 1. The van der Waals surface area contributed by atoms with Gasteiger partial charge in [0.15, 0.2) is 5.78 Å². The fourth-order valence-corrected chi connectivity index (χ4v) is 2.11. The number of fused-ring (bicyclic) bond motifs is 1. The molecule has 0 radical (unpaired) electrons. The topological polar surface area (TPSA) is 76.0 Å². The van der Waals surface area contributed by atoms with E-state index in [1.807, 2.05) is 0 Å². The van der Waals surface area contributed by atoms with E-state index < -0.39 is 6.58 Å². The highest BCUT2D eigenvalue weighted by molar-refractivity contribution is 6.03. The Morgan fingerprint density at radius 1 is 1.67 bits per heavy atom. The van der Waals surface area contributed by atoms with Gasteiger partial charge < -0.3 is 19.7 Å². The van der Waals surface area contributed by atoms with Crippen molar-refractivity contribution in [1.82, 2.24) is 0 Å². The number of rotatable bonds is 3. The Labute approximate surface area is 106 Å². The van der Waals surface area contributed by atoms with Crippen molar-refractivity contribution in [3.63, 3.8) is 0 Å². The van der Waals surface area contributed by atoms with Crippen molar-refractivity contribution in [1.29, 1.82) is 0 Å². The highest BCUT2D eigenvalue weighted by Crippen LogP contribution is 2.42. The third-order valence-electron chi connectivity index (χ3n) is 2.91. The first kappa shape index (κ1) is 11.3. The molecule has 2 unspecified atom stereocenters. The van der Waals surface area contributed by atoms with Crippen LogP contribution < -0.4 is 9.47 Å². The van der Waals surface area contributed by atoms with Gasteiger partial charge in [0.05, 0.1) is 8.48 Å². The van der Waals surface area contributed by atoms with Crippen molar-refractivity contribution in [2.24, 2.45) is 0 Å². The van der Waals surface area contributed by atoms with E-state index >= 15 is 0 Å². The standard InChI is InChI=1S/C13H16O5/c1-7-5-10(16)12-11(17-2)6-9(15)8(3-4-14)13(12)18-7/h6-7,14-15H,3-5H2,1-2H3/i4D. The zero-order valence-corrected chi connectivity index (χ0v) is 10.3. The summed E-state index contributed by atoms with van der Waals surface area (Å²) in [4.78, 5) is 12.1. The van der Waals surface area contributed by atoms with Gasteiger partial charge in [-0.3, -0.25) is 4.79 Å². The summed E-state index contributed by atoms with van der Waals surface area (Å²) in [7, 11) is 1.40. The molecule has 0 aliphatic carbocycles. The van der Waals surface area contributed by atoms with Crippen LogP contribution in [0.15, 0.2) is 6.07 Å². The Hall–Kier alpha value is -1.75. The van der Waals surface area contributed by atoms with E-state index in [1.165, 1.54) is 13.2 Å². The minimum absolute atomic E-state index is 0.113. The van der Waals surface area contributed by atoms with Crippen molar-refractivity contribution < 1.29 is 25.9 Å². The van der Waals surface area contributed by atoms with E-state index in [9.17, 15) is 15.0 Å². The summed E-state index contributed by atoms with van der Waals surface area (Å²) in [5.74, 6) is 0.176. The van der Waals surface area contributed by atoms with Crippen LogP contribution in [0.4, 0.5) is 0 Å². The smallest absolute Gasteiger partial charge is 0.174 e. The second-order valence-corrected chi connectivity index (χ2v) is 4.22. The lowest BCUT2D eigenvalue weighted by Gasteiger charge is -2.26. The van der Waals surface area contributed by atoms with Gasteiger partial charge in [-0.05, 0) is 6.92 Å². The monoisotopic (exact) mass is 253 g/mol. The highest BCUT2D eigenvalue weighted by atomic mass is 16.5. The van der Waals surface area contributed by atoms with E-state index in [4.69, 9.17) is 10.8 Å². The van der Waals surface area contributed by atoms with Gasteiger partial charge in [-0.15, -0.1) is 0 Å². The summed E-state index contributed by atoms with van der Waals surface area (Å²) in [6, 6.07) is 1.31. The molecular formula is C13H16O5. The molecule has 0 saturated heterocycles. The number of carbonyl (C=O) groups is 1. The Morgan fingerprint density at radius 3 is 3.00 bits per heavy atom. The van der Waals surface area contributed by atoms with Gasteiger partial charge in [0.1, 0.15) is 28.9 Å². The molecule has 1 aromatic carbocycles. The maximum atomic E-state index is 12.1. The van der Waals surface area contributed by atoms with Crippen LogP contribution in [0.2, 0.25) is 0 Å². The van der Waals surface area contributed by atoms with Gasteiger partial charge >= 0.3 is 0 Å². The number of aliphatic hydroxyl groups excluding tert-OH is 1. The first-order chi connectivity index (χ1) is 8.93. The van der Waals surface area contributed by atoms with E-state index in [2.05, 4.69) is 0 Å². The number of carbonyl (C=O) groups excluding carboxylic acids is 1. The molecule has 98 valence electrons. The molecule has 5 nitrogen and oxygen atoms in total. The first-order valence-electron chi connectivity index (χ1n) is 6.24. The van der Waals surface area contributed by atoms with Crippen LogP contribution in [0.5, 0.6) is 17.2 Å². The molecule has 1 aromatic rings. The second kappa shape index (κ2) is 4.86. The third-order valence-corrected chi connectivity index (χ3v) is 2.91. The molecule has 0 fully saturated rings. The average molecular weight is 253 g/mol. The molecule has 0 aromatic heterocycles. The normalized spacial score (nSPS) is 20.7. The lowest BCUT2D eigenvalue weighted by molar-refractivity contribution is 0.0862. The minimum Gasteiger partial charge on any atom is -0.507 e. The molecular weight excluding hydrogens is 236 g/mol. The number of hydrogen-bond acceptors (Lipinski definition) is 5. The van der Waals surface area contributed by atoms with Crippen molar-refractivity contribution in [3.8, 4) is 17.2 Å². The van der Waals surface area contributed by atoms with Crippen molar-refractivity contribution in [2.75, 3.05) is 13.7 Å². The van der Waals surface area contributed by atoms with Gasteiger partial charge in [-0.25, -0.2) is 0 Å². The number of methoxy groups -OCH3 is 1. The van der Waals surface area contributed by atoms with Gasteiger partial charge in [0.25, 0.3) is 0 Å². The van der Waals surface area contributed by atoms with Crippen molar-refractivity contribution in [2.45, 2.75) is 25.9 Å². The molecule has 2 atom stereocenters. The van der Waals surface area contributed by atoms with Gasteiger partial charge in [0, 0.05) is 31.1 Å². The summed E-state index contributed by atoms with van der Waals surface area (Å²) < 4.78 is 17.9. The molecule has 0 spiro atoms. The summed E-state index contributed by atoms with van der Waals surface area (Å²) in [6.07, 6.45) is -0.192. The third kappa shape index (κ3) is 2.01. The average Bonchev–Trinajstić information content (AvgIpc) is 2.31. The van der Waals surface area contributed by atoms with Gasteiger partial charge in [0.2, 0.25) is 0 Å². The fourth-order valence-electron chi connectivity index (χ4n) is 2.11. The van der Waals surface area contributed by atoms with E-state index in [1.54, 1.807) is 6.92 Å². The quantitative estimate of drug-likeness (QED) is 0.849. The molecule has 0 saturated carbocycles. The molecule has 1 aliphatic rings. The van der Waals surface area contributed by atoms with E-state index in [-0.39, 0.29) is 53.1 Å². The number of aromatic hydroxyl groups is 1. The summed E-state index contributed by atoms with van der Waals surface area (Å²) in [6.45, 7) is 0.359. The summed E-state index contributed by atoms with van der Waals surface area (Å²) in [5.41, 5.74) is 0.534. The molecule has 5 heteroatoms. The molecule has 2 N–H and O–H groups in total. The van der Waals surface area contributed by atoms with E-state index in [0.29, 0.717) is 0 Å². The number of hydrogen-bond donors (Lipinski definition) is 2. The van der Waals surface area contributed by atoms with Crippen LogP contribution in [-0.2, 0) is 6.42 Å². The zero-order valence-electron chi connectivity index (χ0n) is 11.3. The lowest BCUT2D eigenvalue weighted by Crippen LogP contribution is -2.25. The summed E-state index contributed by atoms with van der Waals surface area (Å²) in [5, 5.41) is 19.1. The van der Waals surface area contributed by atoms with Crippen molar-refractivity contribution >= 4 is 5.78 Å². The second-order valence-electron chi connectivity index (χ2n) is 4.22. The molecule has 0 bridgehead atoms. The first-order valence-corrected chi connectivity index (χ1v) is 5.67. The van der Waals surface area contributed by atoms with Gasteiger partial charge in [-0.1, -0.05) is 0 Å². The van der Waals surface area contributed by atoms with Crippen LogP contribution in [0.25, 0.3) is 0 Å². The van der Waals surface area contributed by atoms with Crippen LogP contribution in [0, 0.1) is 0 Å². The molecule has 2 rings (SSSR count). The predicted octanol–water partition coefficient (Wildman–Crippen LogP) is 1.29. The van der Waals surface area contributed by atoms with Gasteiger partial charge in [-0.2, -0.15) is 0 Å². The minimum atomic E-state index is -1.39. The fraction of sp³-hybridized carbons (Fsp3) is 0.462. The van der Waals surface area contributed by atoms with Crippen LogP contribution in [0.3, 0.4) is 0 Å². The maximum absolute atomic E-state index is 12.1. The Kier molecular flexibility index (Phi) is 3.06. The number of phenols is 1. The Morgan fingerprint density at radius 2 is 2.39 bits per heavy atom. The van der Waals surface area contributed by atoms with Crippen LogP contribution >= 0.6 is 0 Å². The highest BCUT2D eigenvalue weighted by Gasteiger charge is 2.31. The molecule has 18 heavy (non-hydrogen) atoms. The zero-order chi connectivity index (χ0) is 14.2. The number of aliphatic hydroxyl groups is 1. The van der Waals surface area contributed by atoms with Crippen LogP contribution in [0.1, 0.15) is 30.6 Å². The molecule has 0 amide bonds. The van der Waals surface area contributed by atoms with E-state index in [0.717, 1.165) is 0 Å². The maximum Gasteiger partial charge on any atom is 0.174 e. The Balaban J connectivity index is 2.63.